The quantitative estimate of drug-likeness (QED) is 0.829. The molecule has 0 aliphatic heterocycles. The molecule has 1 aliphatic carbocycles. The molecule has 1 fully saturated rings. The van der Waals surface area contributed by atoms with Gasteiger partial charge in [0.15, 0.2) is 0 Å². The summed E-state index contributed by atoms with van der Waals surface area (Å²) in [5, 5.41) is 3.59. The van der Waals surface area contributed by atoms with Gasteiger partial charge in [-0.3, -0.25) is 4.79 Å². The highest BCUT2D eigenvalue weighted by Gasteiger charge is 2.25. The van der Waals surface area contributed by atoms with Crippen LogP contribution in [0.5, 0.6) is 0 Å². The van der Waals surface area contributed by atoms with Gasteiger partial charge in [-0.05, 0) is 36.8 Å². The lowest BCUT2D eigenvalue weighted by atomic mass is 9.83. The molecular formula is C17H25ClN2O. The number of pyridine rings is 1. The second-order valence-corrected chi connectivity index (χ2v) is 6.68. The zero-order chi connectivity index (χ0) is 15.4. The largest absolute Gasteiger partial charge is 0.349 e. The highest BCUT2D eigenvalue weighted by Crippen LogP contribution is 2.27. The van der Waals surface area contributed by atoms with Gasteiger partial charge in [0, 0.05) is 17.3 Å². The van der Waals surface area contributed by atoms with Crippen LogP contribution in [-0.4, -0.2) is 16.9 Å². The van der Waals surface area contributed by atoms with Crippen LogP contribution >= 0.6 is 11.6 Å². The van der Waals surface area contributed by atoms with Crippen LogP contribution in [0.15, 0.2) is 12.1 Å². The molecule has 0 aromatic carbocycles. The summed E-state index contributed by atoms with van der Waals surface area (Å²) in [6, 6.07) is 3.81. The maximum absolute atomic E-state index is 12.5. The van der Waals surface area contributed by atoms with E-state index in [2.05, 4.69) is 31.1 Å². The number of rotatable bonds is 4. The Bertz CT molecular complexity index is 502. The summed E-state index contributed by atoms with van der Waals surface area (Å²) in [5.74, 6) is 0.837. The van der Waals surface area contributed by atoms with Crippen molar-refractivity contribution in [3.05, 3.63) is 28.5 Å². The molecule has 0 bridgehead atoms. The maximum atomic E-state index is 12.5. The second-order valence-electron chi connectivity index (χ2n) is 6.29. The van der Waals surface area contributed by atoms with E-state index in [4.69, 9.17) is 11.6 Å². The van der Waals surface area contributed by atoms with Crippen molar-refractivity contribution in [2.75, 3.05) is 0 Å². The van der Waals surface area contributed by atoms with Crippen molar-refractivity contribution in [3.63, 3.8) is 0 Å². The molecule has 2 atom stereocenters. The minimum atomic E-state index is -0.0217. The van der Waals surface area contributed by atoms with Gasteiger partial charge in [0.25, 0.3) is 5.91 Å². The highest BCUT2D eigenvalue weighted by molar-refractivity contribution is 6.29. The molecular weight excluding hydrogens is 284 g/mol. The maximum Gasteiger partial charge on any atom is 0.251 e. The lowest BCUT2D eigenvalue weighted by Crippen LogP contribution is -2.42. The Hall–Kier alpha value is -1.09. The Kier molecular flexibility index (Phi) is 5.63. The number of hydrogen-bond donors (Lipinski definition) is 1. The fourth-order valence-corrected chi connectivity index (χ4v) is 3.30. The summed E-state index contributed by atoms with van der Waals surface area (Å²) >= 11 is 6.05. The van der Waals surface area contributed by atoms with Crippen molar-refractivity contribution in [3.8, 4) is 0 Å². The molecule has 1 saturated carbocycles. The topological polar surface area (TPSA) is 42.0 Å². The lowest BCUT2D eigenvalue weighted by Gasteiger charge is -2.31. The predicted octanol–water partition coefficient (Wildman–Crippen LogP) is 4.56. The van der Waals surface area contributed by atoms with Crippen LogP contribution in [0.2, 0.25) is 5.15 Å². The molecule has 116 valence electrons. The average Bonchev–Trinajstić information content (AvgIpc) is 2.47. The molecule has 1 amide bonds. The van der Waals surface area contributed by atoms with E-state index in [-0.39, 0.29) is 11.8 Å². The summed E-state index contributed by atoms with van der Waals surface area (Å²) in [6.45, 7) is 6.30. The van der Waals surface area contributed by atoms with E-state index >= 15 is 0 Å². The first-order chi connectivity index (χ1) is 10.0. The predicted molar refractivity (Wildman–Crippen MR) is 86.8 cm³/mol. The van der Waals surface area contributed by atoms with Gasteiger partial charge < -0.3 is 5.32 Å². The van der Waals surface area contributed by atoms with Gasteiger partial charge in [0.1, 0.15) is 5.15 Å². The smallest absolute Gasteiger partial charge is 0.251 e. The van der Waals surface area contributed by atoms with Gasteiger partial charge in [-0.1, -0.05) is 51.6 Å². The second kappa shape index (κ2) is 7.26. The number of amides is 1. The molecule has 1 heterocycles. The molecule has 4 heteroatoms. The first-order valence-corrected chi connectivity index (χ1v) is 8.37. The lowest BCUT2D eigenvalue weighted by molar-refractivity contribution is 0.0904. The van der Waals surface area contributed by atoms with Gasteiger partial charge in [0.05, 0.1) is 0 Å². The molecule has 1 aromatic rings. The first kappa shape index (κ1) is 16.3. The normalized spacial score (nSPS) is 22.3. The van der Waals surface area contributed by atoms with Gasteiger partial charge in [-0.15, -0.1) is 0 Å². The standard InChI is InChI=1S/C17H25ClN2O/c1-4-12-7-5-6-8-14(12)20-17(21)13-9-15(11(2)3)19-16(18)10-13/h9-12,14H,4-8H2,1-3H3,(H,20,21). The molecule has 0 radical (unpaired) electrons. The number of nitrogens with zero attached hydrogens (tertiary/aromatic N) is 1. The fraction of sp³-hybridized carbons (Fsp3) is 0.647. The SMILES string of the molecule is CCC1CCCCC1NC(=O)c1cc(Cl)nc(C(C)C)c1. The minimum absolute atomic E-state index is 0.0217. The van der Waals surface area contributed by atoms with E-state index in [9.17, 15) is 4.79 Å². The van der Waals surface area contributed by atoms with Gasteiger partial charge in [-0.2, -0.15) is 0 Å². The average molecular weight is 309 g/mol. The highest BCUT2D eigenvalue weighted by atomic mass is 35.5. The summed E-state index contributed by atoms with van der Waals surface area (Å²) in [7, 11) is 0. The Morgan fingerprint density at radius 1 is 1.38 bits per heavy atom. The van der Waals surface area contributed by atoms with E-state index in [1.165, 1.54) is 19.3 Å². The molecule has 0 saturated heterocycles. The molecule has 3 nitrogen and oxygen atoms in total. The number of nitrogens with one attached hydrogen (secondary N) is 1. The third-order valence-electron chi connectivity index (χ3n) is 4.42. The Morgan fingerprint density at radius 3 is 2.76 bits per heavy atom. The zero-order valence-corrected chi connectivity index (χ0v) is 13.9. The van der Waals surface area contributed by atoms with Crippen molar-refractivity contribution < 1.29 is 4.79 Å². The number of carbonyl (C=O) groups excluding carboxylic acids is 1. The molecule has 1 aliphatic rings. The molecule has 2 unspecified atom stereocenters. The number of halogens is 1. The van der Waals surface area contributed by atoms with Crippen molar-refractivity contribution >= 4 is 17.5 Å². The van der Waals surface area contributed by atoms with Crippen LogP contribution in [-0.2, 0) is 0 Å². The Morgan fingerprint density at radius 2 is 2.10 bits per heavy atom. The Labute approximate surface area is 132 Å². The number of carbonyl (C=O) groups is 1. The van der Waals surface area contributed by atoms with Crippen molar-refractivity contribution in [1.29, 1.82) is 0 Å². The number of aromatic nitrogens is 1. The monoisotopic (exact) mass is 308 g/mol. The van der Waals surface area contributed by atoms with Crippen LogP contribution in [0.25, 0.3) is 0 Å². The summed E-state index contributed by atoms with van der Waals surface area (Å²) in [6.07, 6.45) is 5.91. The van der Waals surface area contributed by atoms with E-state index in [1.54, 1.807) is 6.07 Å². The number of hydrogen-bond acceptors (Lipinski definition) is 2. The van der Waals surface area contributed by atoms with Gasteiger partial charge >= 0.3 is 0 Å². The van der Waals surface area contributed by atoms with Crippen LogP contribution in [0.1, 0.15) is 74.8 Å². The van der Waals surface area contributed by atoms with E-state index in [0.717, 1.165) is 18.5 Å². The van der Waals surface area contributed by atoms with Crippen LogP contribution in [0.3, 0.4) is 0 Å². The summed E-state index contributed by atoms with van der Waals surface area (Å²) in [5.41, 5.74) is 1.49. The third-order valence-corrected chi connectivity index (χ3v) is 4.61. The first-order valence-electron chi connectivity index (χ1n) is 7.99. The van der Waals surface area contributed by atoms with Crippen molar-refractivity contribution in [1.82, 2.24) is 10.3 Å². The Balaban J connectivity index is 2.12. The van der Waals surface area contributed by atoms with Gasteiger partial charge in [0.2, 0.25) is 0 Å². The zero-order valence-electron chi connectivity index (χ0n) is 13.2. The third kappa shape index (κ3) is 4.19. The van der Waals surface area contributed by atoms with E-state index in [1.807, 2.05) is 6.07 Å². The van der Waals surface area contributed by atoms with Crippen LogP contribution in [0, 0.1) is 5.92 Å². The van der Waals surface area contributed by atoms with Gasteiger partial charge in [-0.25, -0.2) is 4.98 Å². The van der Waals surface area contributed by atoms with Crippen LogP contribution < -0.4 is 5.32 Å². The molecule has 2 rings (SSSR count). The molecule has 0 spiro atoms. The van der Waals surface area contributed by atoms with E-state index < -0.39 is 0 Å². The van der Waals surface area contributed by atoms with Crippen molar-refractivity contribution in [2.45, 2.75) is 64.8 Å². The van der Waals surface area contributed by atoms with E-state index in [0.29, 0.717) is 22.7 Å². The van der Waals surface area contributed by atoms with Crippen molar-refractivity contribution in [2.24, 2.45) is 5.92 Å². The molecule has 21 heavy (non-hydrogen) atoms. The summed E-state index contributed by atoms with van der Waals surface area (Å²) in [4.78, 5) is 16.8. The summed E-state index contributed by atoms with van der Waals surface area (Å²) < 4.78 is 0. The van der Waals surface area contributed by atoms with Crippen LogP contribution in [0.4, 0.5) is 0 Å². The molecule has 1 N–H and O–H groups in total. The minimum Gasteiger partial charge on any atom is -0.349 e. The fourth-order valence-electron chi connectivity index (χ4n) is 3.08. The molecule has 1 aromatic heterocycles.